The van der Waals surface area contributed by atoms with Crippen LogP contribution in [0.4, 0.5) is 5.82 Å². The van der Waals surface area contributed by atoms with Crippen LogP contribution in [-0.4, -0.2) is 29.1 Å². The molecule has 0 aliphatic rings. The molecule has 0 atom stereocenters. The van der Waals surface area contributed by atoms with Gasteiger partial charge in [-0.15, -0.1) is 0 Å². The van der Waals surface area contributed by atoms with Gasteiger partial charge in [-0.05, 0) is 6.92 Å². The maximum absolute atomic E-state index is 11.9. The summed E-state index contributed by atoms with van der Waals surface area (Å²) in [5.74, 6) is 0.400. The van der Waals surface area contributed by atoms with Crippen LogP contribution >= 0.6 is 0 Å². The molecule has 6 nitrogen and oxygen atoms in total. The Morgan fingerprint density at radius 3 is 2.82 bits per heavy atom. The molecule has 0 radical (unpaired) electrons. The molecule has 2 rings (SSSR count). The summed E-state index contributed by atoms with van der Waals surface area (Å²) in [5, 5.41) is 11.6. The maximum atomic E-state index is 11.9. The van der Waals surface area contributed by atoms with E-state index < -0.39 is 5.97 Å². The van der Waals surface area contributed by atoms with E-state index in [0.717, 1.165) is 5.56 Å². The fourth-order valence-corrected chi connectivity index (χ4v) is 1.84. The van der Waals surface area contributed by atoms with Crippen LogP contribution in [0, 0.1) is 11.3 Å². The molecule has 6 heteroatoms. The van der Waals surface area contributed by atoms with Crippen LogP contribution in [0.25, 0.3) is 11.4 Å². The molecule has 0 spiro atoms. The zero-order valence-electron chi connectivity index (χ0n) is 12.2. The zero-order chi connectivity index (χ0) is 15.8. The first-order valence-electron chi connectivity index (χ1n) is 6.96. The van der Waals surface area contributed by atoms with Gasteiger partial charge in [0.05, 0.1) is 19.1 Å². The third kappa shape index (κ3) is 3.79. The monoisotopic (exact) mass is 296 g/mol. The molecule has 0 unspecified atom stereocenters. The molecule has 0 bridgehead atoms. The van der Waals surface area contributed by atoms with Crippen molar-refractivity contribution in [2.24, 2.45) is 0 Å². The van der Waals surface area contributed by atoms with Crippen molar-refractivity contribution in [3.8, 4) is 17.5 Å². The van der Waals surface area contributed by atoms with E-state index in [4.69, 9.17) is 10.00 Å². The Morgan fingerprint density at radius 1 is 1.36 bits per heavy atom. The van der Waals surface area contributed by atoms with E-state index in [9.17, 15) is 4.79 Å². The summed E-state index contributed by atoms with van der Waals surface area (Å²) < 4.78 is 5.00. The second-order valence-corrected chi connectivity index (χ2v) is 4.38. The lowest BCUT2D eigenvalue weighted by molar-refractivity contribution is 0.0526. The minimum atomic E-state index is -0.485. The van der Waals surface area contributed by atoms with Gasteiger partial charge in [0.15, 0.2) is 5.82 Å². The summed E-state index contributed by atoms with van der Waals surface area (Å²) in [6.07, 6.45) is 1.76. The summed E-state index contributed by atoms with van der Waals surface area (Å²) in [6, 6.07) is 11.5. The van der Waals surface area contributed by atoms with E-state index in [1.54, 1.807) is 6.92 Å². The van der Waals surface area contributed by atoms with Crippen molar-refractivity contribution >= 4 is 11.8 Å². The number of hydrogen-bond acceptors (Lipinski definition) is 6. The molecule has 0 aliphatic carbocycles. The van der Waals surface area contributed by atoms with E-state index in [1.165, 1.54) is 6.20 Å². The first-order chi connectivity index (χ1) is 10.8. The summed E-state index contributed by atoms with van der Waals surface area (Å²) in [6.45, 7) is 2.41. The zero-order valence-corrected chi connectivity index (χ0v) is 12.2. The minimum Gasteiger partial charge on any atom is -0.462 e. The molecule has 112 valence electrons. The highest BCUT2D eigenvalue weighted by atomic mass is 16.5. The fourth-order valence-electron chi connectivity index (χ4n) is 1.84. The number of hydrogen-bond donors (Lipinski definition) is 1. The molecular formula is C16H16N4O2. The minimum absolute atomic E-state index is 0.263. The first-order valence-corrected chi connectivity index (χ1v) is 6.96. The molecular weight excluding hydrogens is 280 g/mol. The van der Waals surface area contributed by atoms with Crippen LogP contribution in [0.5, 0.6) is 0 Å². The van der Waals surface area contributed by atoms with E-state index in [-0.39, 0.29) is 12.2 Å². The van der Waals surface area contributed by atoms with Gasteiger partial charge in [0, 0.05) is 18.3 Å². The lowest BCUT2D eigenvalue weighted by Gasteiger charge is -2.10. The highest BCUT2D eigenvalue weighted by molar-refractivity contribution is 5.94. The third-order valence-corrected chi connectivity index (χ3v) is 2.85. The Morgan fingerprint density at radius 2 is 2.14 bits per heavy atom. The Hall–Kier alpha value is -2.94. The molecule has 1 heterocycles. The summed E-state index contributed by atoms with van der Waals surface area (Å²) in [5.41, 5.74) is 1.11. The van der Waals surface area contributed by atoms with Gasteiger partial charge in [-0.3, -0.25) is 0 Å². The topological polar surface area (TPSA) is 87.9 Å². The largest absolute Gasteiger partial charge is 0.462 e. The Labute approximate surface area is 128 Å². The van der Waals surface area contributed by atoms with Gasteiger partial charge in [-0.2, -0.15) is 5.26 Å². The highest BCUT2D eigenvalue weighted by Gasteiger charge is 2.16. The Kier molecular flexibility index (Phi) is 5.44. The molecule has 1 aromatic heterocycles. The summed E-state index contributed by atoms with van der Waals surface area (Å²) in [7, 11) is 0. The molecule has 22 heavy (non-hydrogen) atoms. The SMILES string of the molecule is CCOC(=O)c1cnc(-c2ccccc2)nc1NCCC#N. The number of benzene rings is 1. The van der Waals surface area contributed by atoms with Crippen molar-refractivity contribution in [2.75, 3.05) is 18.5 Å². The van der Waals surface area contributed by atoms with E-state index in [2.05, 4.69) is 15.3 Å². The number of aromatic nitrogens is 2. The van der Waals surface area contributed by atoms with Gasteiger partial charge in [0.1, 0.15) is 11.4 Å². The molecule has 0 aliphatic heterocycles. The Balaban J connectivity index is 2.34. The number of carbonyl (C=O) groups is 1. The van der Waals surface area contributed by atoms with Crippen molar-refractivity contribution in [2.45, 2.75) is 13.3 Å². The van der Waals surface area contributed by atoms with Crippen LogP contribution in [-0.2, 0) is 4.74 Å². The van der Waals surface area contributed by atoms with Crippen molar-refractivity contribution in [3.05, 3.63) is 42.1 Å². The number of esters is 1. The Bertz CT molecular complexity index is 680. The van der Waals surface area contributed by atoms with Gasteiger partial charge < -0.3 is 10.1 Å². The van der Waals surface area contributed by atoms with Crippen LogP contribution < -0.4 is 5.32 Å². The first kappa shape index (κ1) is 15.4. The molecule has 0 saturated heterocycles. The van der Waals surface area contributed by atoms with Crippen LogP contribution in [0.1, 0.15) is 23.7 Å². The van der Waals surface area contributed by atoms with E-state index >= 15 is 0 Å². The normalized spacial score (nSPS) is 9.82. The smallest absolute Gasteiger partial charge is 0.343 e. The quantitative estimate of drug-likeness (QED) is 0.651. The summed E-state index contributed by atoms with van der Waals surface area (Å²) >= 11 is 0. The molecule has 0 fully saturated rings. The average Bonchev–Trinajstić information content (AvgIpc) is 2.56. The second-order valence-electron chi connectivity index (χ2n) is 4.38. The van der Waals surface area contributed by atoms with Gasteiger partial charge in [0.25, 0.3) is 0 Å². The maximum Gasteiger partial charge on any atom is 0.343 e. The second kappa shape index (κ2) is 7.74. The lowest BCUT2D eigenvalue weighted by atomic mass is 10.2. The predicted molar refractivity (Wildman–Crippen MR) is 82.1 cm³/mol. The standard InChI is InChI=1S/C16H16N4O2/c1-2-22-16(21)13-11-19-14(12-7-4-3-5-8-12)20-15(13)18-10-6-9-17/h3-5,7-8,11H,2,6,10H2,1H3,(H,18,19,20). The van der Waals surface area contributed by atoms with Gasteiger partial charge >= 0.3 is 5.97 Å². The molecule has 0 amide bonds. The predicted octanol–water partition coefficient (Wildman–Crippen LogP) is 2.65. The number of nitrogens with zero attached hydrogens (tertiary/aromatic N) is 3. The van der Waals surface area contributed by atoms with Crippen molar-refractivity contribution in [1.29, 1.82) is 5.26 Å². The van der Waals surface area contributed by atoms with Crippen molar-refractivity contribution < 1.29 is 9.53 Å². The van der Waals surface area contributed by atoms with Crippen LogP contribution in [0.15, 0.2) is 36.5 Å². The summed E-state index contributed by atoms with van der Waals surface area (Å²) in [4.78, 5) is 20.5. The van der Waals surface area contributed by atoms with Gasteiger partial charge in [-0.1, -0.05) is 30.3 Å². The van der Waals surface area contributed by atoms with Crippen LogP contribution in [0.2, 0.25) is 0 Å². The fraction of sp³-hybridized carbons (Fsp3) is 0.250. The number of ether oxygens (including phenoxy) is 1. The molecule has 1 N–H and O–H groups in total. The third-order valence-electron chi connectivity index (χ3n) is 2.85. The van der Waals surface area contributed by atoms with E-state index in [1.807, 2.05) is 36.4 Å². The van der Waals surface area contributed by atoms with Crippen molar-refractivity contribution in [3.63, 3.8) is 0 Å². The molecule has 1 aromatic carbocycles. The molecule has 0 saturated carbocycles. The van der Waals surface area contributed by atoms with E-state index in [0.29, 0.717) is 24.6 Å². The van der Waals surface area contributed by atoms with Gasteiger partial charge in [-0.25, -0.2) is 14.8 Å². The highest BCUT2D eigenvalue weighted by Crippen LogP contribution is 2.19. The lowest BCUT2D eigenvalue weighted by Crippen LogP contribution is -2.13. The number of nitriles is 1. The van der Waals surface area contributed by atoms with Crippen molar-refractivity contribution in [1.82, 2.24) is 9.97 Å². The number of rotatable bonds is 6. The average molecular weight is 296 g/mol. The number of carbonyl (C=O) groups excluding carboxylic acids is 1. The van der Waals surface area contributed by atoms with Gasteiger partial charge in [0.2, 0.25) is 0 Å². The van der Waals surface area contributed by atoms with Crippen LogP contribution in [0.3, 0.4) is 0 Å². The molecule has 2 aromatic rings. The number of nitrogens with one attached hydrogen (secondary N) is 1. The number of anilines is 1.